The van der Waals surface area contributed by atoms with E-state index in [-0.39, 0.29) is 11.6 Å². The molecular formula is C8H3F2IS. The van der Waals surface area contributed by atoms with E-state index in [1.54, 1.807) is 6.07 Å². The van der Waals surface area contributed by atoms with Crippen molar-refractivity contribution >= 4 is 44.0 Å². The number of fused-ring (bicyclic) bond motifs is 1. The second kappa shape index (κ2) is 2.92. The SMILES string of the molecule is Fc1c(I)sc2c(F)cccc12. The predicted octanol–water partition coefficient (Wildman–Crippen LogP) is 3.78. The maximum atomic E-state index is 13.2. The van der Waals surface area contributed by atoms with Crippen molar-refractivity contribution in [2.24, 2.45) is 0 Å². The average Bonchev–Trinajstić information content (AvgIpc) is 2.32. The summed E-state index contributed by atoms with van der Waals surface area (Å²) in [6.07, 6.45) is 0. The van der Waals surface area contributed by atoms with Gasteiger partial charge < -0.3 is 0 Å². The first-order valence-electron chi connectivity index (χ1n) is 3.22. The van der Waals surface area contributed by atoms with Crippen LogP contribution in [0.2, 0.25) is 0 Å². The van der Waals surface area contributed by atoms with Crippen molar-refractivity contribution in [2.75, 3.05) is 0 Å². The first-order chi connectivity index (χ1) is 5.70. The molecule has 1 heterocycles. The van der Waals surface area contributed by atoms with Crippen LogP contribution in [0.3, 0.4) is 0 Å². The molecule has 1 aromatic heterocycles. The summed E-state index contributed by atoms with van der Waals surface area (Å²) in [6.45, 7) is 0. The highest BCUT2D eigenvalue weighted by molar-refractivity contribution is 14.1. The molecule has 0 unspecified atom stereocenters. The molecule has 0 amide bonds. The van der Waals surface area contributed by atoms with Gasteiger partial charge in [0.1, 0.15) is 8.70 Å². The predicted molar refractivity (Wildman–Crippen MR) is 54.5 cm³/mol. The molecule has 0 saturated carbocycles. The minimum Gasteiger partial charge on any atom is -0.205 e. The molecule has 0 aliphatic rings. The van der Waals surface area contributed by atoms with Crippen LogP contribution < -0.4 is 0 Å². The minimum atomic E-state index is -0.348. The van der Waals surface area contributed by atoms with Crippen LogP contribution in [0.25, 0.3) is 10.1 Å². The Morgan fingerprint density at radius 3 is 2.67 bits per heavy atom. The fourth-order valence-corrected chi connectivity index (χ4v) is 2.79. The van der Waals surface area contributed by atoms with E-state index in [1.807, 2.05) is 22.6 Å². The summed E-state index contributed by atoms with van der Waals surface area (Å²) < 4.78 is 27.1. The minimum absolute atomic E-state index is 0.310. The number of thiophene rings is 1. The molecule has 0 aliphatic heterocycles. The maximum Gasteiger partial charge on any atom is 0.155 e. The molecule has 0 bridgehead atoms. The molecule has 1 aromatic carbocycles. The largest absolute Gasteiger partial charge is 0.205 e. The topological polar surface area (TPSA) is 0 Å². The van der Waals surface area contributed by atoms with Gasteiger partial charge in [-0.3, -0.25) is 0 Å². The third-order valence-corrected chi connectivity index (χ3v) is 3.68. The zero-order chi connectivity index (χ0) is 8.72. The van der Waals surface area contributed by atoms with Crippen molar-refractivity contribution < 1.29 is 8.78 Å². The van der Waals surface area contributed by atoms with Crippen molar-refractivity contribution in [1.29, 1.82) is 0 Å². The summed E-state index contributed by atoms with van der Waals surface area (Å²) in [5.74, 6) is -0.658. The van der Waals surface area contributed by atoms with E-state index < -0.39 is 0 Å². The number of rotatable bonds is 0. The van der Waals surface area contributed by atoms with Crippen LogP contribution >= 0.6 is 33.9 Å². The summed E-state index contributed by atoms with van der Waals surface area (Å²) in [5, 5.41) is 0.379. The van der Waals surface area contributed by atoms with Crippen molar-refractivity contribution in [3.8, 4) is 0 Å². The van der Waals surface area contributed by atoms with Crippen LogP contribution in [-0.2, 0) is 0 Å². The van der Waals surface area contributed by atoms with Gasteiger partial charge in [-0.15, -0.1) is 11.3 Å². The highest BCUT2D eigenvalue weighted by Crippen LogP contribution is 2.32. The monoisotopic (exact) mass is 296 g/mol. The Balaban J connectivity index is 2.95. The summed E-state index contributed by atoms with van der Waals surface area (Å²) in [7, 11) is 0. The second-order valence-electron chi connectivity index (χ2n) is 2.31. The van der Waals surface area contributed by atoms with E-state index in [0.29, 0.717) is 13.0 Å². The lowest BCUT2D eigenvalue weighted by Gasteiger charge is -1.88. The summed E-state index contributed by atoms with van der Waals surface area (Å²) in [4.78, 5) is 0. The first-order valence-corrected chi connectivity index (χ1v) is 5.11. The highest BCUT2D eigenvalue weighted by Gasteiger charge is 2.11. The highest BCUT2D eigenvalue weighted by atomic mass is 127. The zero-order valence-corrected chi connectivity index (χ0v) is 8.75. The van der Waals surface area contributed by atoms with Gasteiger partial charge in [0.05, 0.1) is 4.70 Å². The van der Waals surface area contributed by atoms with E-state index in [9.17, 15) is 8.78 Å². The van der Waals surface area contributed by atoms with Crippen molar-refractivity contribution in [2.45, 2.75) is 0 Å². The van der Waals surface area contributed by atoms with Gasteiger partial charge in [0.2, 0.25) is 0 Å². The normalized spacial score (nSPS) is 10.9. The molecule has 0 radical (unpaired) electrons. The average molecular weight is 296 g/mol. The Bertz CT molecular complexity index is 436. The first kappa shape index (κ1) is 8.37. The van der Waals surface area contributed by atoms with Gasteiger partial charge in [0.25, 0.3) is 0 Å². The zero-order valence-electron chi connectivity index (χ0n) is 5.77. The van der Waals surface area contributed by atoms with Gasteiger partial charge in [-0.25, -0.2) is 8.78 Å². The smallest absolute Gasteiger partial charge is 0.155 e. The van der Waals surface area contributed by atoms with Gasteiger partial charge in [0.15, 0.2) is 5.82 Å². The Morgan fingerprint density at radius 2 is 2.00 bits per heavy atom. The second-order valence-corrected chi connectivity index (χ2v) is 5.14. The van der Waals surface area contributed by atoms with Crippen LogP contribution in [-0.4, -0.2) is 0 Å². The fraction of sp³-hybridized carbons (Fsp3) is 0. The van der Waals surface area contributed by atoms with E-state index in [1.165, 1.54) is 12.1 Å². The molecule has 0 nitrogen and oxygen atoms in total. The van der Waals surface area contributed by atoms with Crippen LogP contribution in [0.1, 0.15) is 0 Å². The molecular weight excluding hydrogens is 293 g/mol. The maximum absolute atomic E-state index is 13.2. The molecule has 0 spiro atoms. The van der Waals surface area contributed by atoms with Crippen molar-refractivity contribution in [3.05, 3.63) is 32.7 Å². The van der Waals surface area contributed by atoms with Crippen LogP contribution in [0.4, 0.5) is 8.78 Å². The number of benzene rings is 1. The van der Waals surface area contributed by atoms with E-state index in [4.69, 9.17) is 0 Å². The molecule has 62 valence electrons. The molecule has 0 N–H and O–H groups in total. The molecule has 4 heteroatoms. The fourth-order valence-electron chi connectivity index (χ4n) is 1.03. The lowest BCUT2D eigenvalue weighted by Crippen LogP contribution is -1.73. The molecule has 2 rings (SSSR count). The van der Waals surface area contributed by atoms with Gasteiger partial charge in [0, 0.05) is 5.39 Å². The quantitative estimate of drug-likeness (QED) is 0.649. The summed E-state index contributed by atoms with van der Waals surface area (Å²) in [5.41, 5.74) is 0. The lowest BCUT2D eigenvalue weighted by atomic mass is 10.2. The van der Waals surface area contributed by atoms with E-state index in [0.717, 1.165) is 11.3 Å². The van der Waals surface area contributed by atoms with Crippen LogP contribution in [0.15, 0.2) is 18.2 Å². The van der Waals surface area contributed by atoms with E-state index in [2.05, 4.69) is 0 Å². The molecule has 0 fully saturated rings. The number of hydrogen-bond donors (Lipinski definition) is 0. The molecule has 2 aromatic rings. The third-order valence-electron chi connectivity index (χ3n) is 1.57. The van der Waals surface area contributed by atoms with Gasteiger partial charge in [-0.2, -0.15) is 0 Å². The molecule has 0 atom stereocenters. The Hall–Kier alpha value is -0.230. The molecule has 0 saturated heterocycles. The summed E-state index contributed by atoms with van der Waals surface area (Å²) in [6, 6.07) is 4.45. The molecule has 0 aliphatic carbocycles. The third kappa shape index (κ3) is 1.13. The van der Waals surface area contributed by atoms with Crippen LogP contribution in [0.5, 0.6) is 0 Å². The standard InChI is InChI=1S/C8H3F2IS/c9-5-3-1-2-4-6(10)8(11)12-7(4)5/h1-3H. The van der Waals surface area contributed by atoms with Crippen LogP contribution in [0, 0.1) is 14.5 Å². The number of hydrogen-bond acceptors (Lipinski definition) is 1. The van der Waals surface area contributed by atoms with Gasteiger partial charge >= 0.3 is 0 Å². The Labute approximate surface area is 85.3 Å². The lowest BCUT2D eigenvalue weighted by molar-refractivity contribution is 0.632. The van der Waals surface area contributed by atoms with Crippen molar-refractivity contribution in [1.82, 2.24) is 0 Å². The summed E-state index contributed by atoms with van der Waals surface area (Å²) >= 11 is 3.01. The Kier molecular flexibility index (Phi) is 2.04. The van der Waals surface area contributed by atoms with E-state index >= 15 is 0 Å². The molecule has 12 heavy (non-hydrogen) atoms. The van der Waals surface area contributed by atoms with Gasteiger partial charge in [-0.1, -0.05) is 12.1 Å². The van der Waals surface area contributed by atoms with Crippen molar-refractivity contribution in [3.63, 3.8) is 0 Å². The van der Waals surface area contributed by atoms with Gasteiger partial charge in [-0.05, 0) is 28.7 Å². The number of halogens is 3. The Morgan fingerprint density at radius 1 is 1.25 bits per heavy atom.